The van der Waals surface area contributed by atoms with Crippen LogP contribution in [-0.4, -0.2) is 34.5 Å². The van der Waals surface area contributed by atoms with E-state index < -0.39 is 0 Å². The summed E-state index contributed by atoms with van der Waals surface area (Å²) < 4.78 is 5.47. The highest BCUT2D eigenvalue weighted by Crippen LogP contribution is 2.58. The van der Waals surface area contributed by atoms with Crippen molar-refractivity contribution >= 4 is 17.5 Å². The molecule has 1 aromatic heterocycles. The molecular formula is C20H27ClN2O2. The van der Waals surface area contributed by atoms with E-state index in [1.165, 1.54) is 19.3 Å². The van der Waals surface area contributed by atoms with Gasteiger partial charge in [-0.2, -0.15) is 0 Å². The molecule has 136 valence electrons. The largest absolute Gasteiger partial charge is 0.478 e. The van der Waals surface area contributed by atoms with Crippen LogP contribution in [0.25, 0.3) is 0 Å². The van der Waals surface area contributed by atoms with Crippen LogP contribution < -0.4 is 4.74 Å². The molecule has 1 heterocycles. The Hall–Kier alpha value is -1.29. The lowest BCUT2D eigenvalue weighted by atomic mass is 9.52. The molecule has 4 bridgehead atoms. The van der Waals surface area contributed by atoms with Gasteiger partial charge in [0.15, 0.2) is 5.69 Å². The quantitative estimate of drug-likeness (QED) is 0.770. The lowest BCUT2D eigenvalue weighted by Gasteiger charge is -2.60. The summed E-state index contributed by atoms with van der Waals surface area (Å²) in [4.78, 5) is 19.9. The summed E-state index contributed by atoms with van der Waals surface area (Å²) in [5.41, 5.74) is 0.359. The molecule has 0 aliphatic heterocycles. The van der Waals surface area contributed by atoms with Crippen LogP contribution in [0.15, 0.2) is 12.1 Å². The van der Waals surface area contributed by atoms with Crippen molar-refractivity contribution in [1.82, 2.24) is 9.88 Å². The Morgan fingerprint density at radius 2 is 1.80 bits per heavy atom. The maximum absolute atomic E-state index is 13.4. The molecule has 0 unspecified atom stereocenters. The van der Waals surface area contributed by atoms with Crippen molar-refractivity contribution in [2.24, 2.45) is 17.8 Å². The first-order valence-electron chi connectivity index (χ1n) is 9.66. The second-order valence-electron chi connectivity index (χ2n) is 8.10. The molecule has 4 saturated carbocycles. The minimum absolute atomic E-state index is 0.0210. The van der Waals surface area contributed by atoms with Crippen LogP contribution in [0.5, 0.6) is 5.88 Å². The van der Waals surface area contributed by atoms with Crippen LogP contribution in [0, 0.1) is 17.8 Å². The van der Waals surface area contributed by atoms with Crippen LogP contribution in [0.4, 0.5) is 0 Å². The molecule has 5 heteroatoms. The highest BCUT2D eigenvalue weighted by atomic mass is 35.5. The molecule has 5 rings (SSSR count). The number of aromatic nitrogens is 1. The predicted octanol–water partition coefficient (Wildman–Crippen LogP) is 4.56. The zero-order valence-electron chi connectivity index (χ0n) is 15.1. The van der Waals surface area contributed by atoms with Crippen molar-refractivity contribution in [3.05, 3.63) is 22.8 Å². The summed E-state index contributed by atoms with van der Waals surface area (Å²) in [7, 11) is 0. The first-order chi connectivity index (χ1) is 12.0. The molecule has 0 aromatic carbocycles. The number of hydrogen-bond donors (Lipinski definition) is 0. The van der Waals surface area contributed by atoms with E-state index in [1.807, 2.05) is 6.92 Å². The van der Waals surface area contributed by atoms with Gasteiger partial charge in [0.25, 0.3) is 5.91 Å². The zero-order valence-corrected chi connectivity index (χ0v) is 15.9. The summed E-state index contributed by atoms with van der Waals surface area (Å²) in [6.45, 7) is 5.22. The Bertz CT molecular complexity index is 640. The van der Waals surface area contributed by atoms with Gasteiger partial charge in [-0.3, -0.25) is 4.79 Å². The third kappa shape index (κ3) is 2.92. The van der Waals surface area contributed by atoms with Crippen molar-refractivity contribution in [1.29, 1.82) is 0 Å². The van der Waals surface area contributed by atoms with Crippen molar-refractivity contribution in [2.45, 2.75) is 57.9 Å². The number of carbonyl (C=O) groups is 1. The minimum atomic E-state index is -0.0315. The first kappa shape index (κ1) is 17.1. The van der Waals surface area contributed by atoms with E-state index in [0.717, 1.165) is 37.0 Å². The molecule has 1 aromatic rings. The van der Waals surface area contributed by atoms with E-state index in [2.05, 4.69) is 16.8 Å². The molecule has 4 fully saturated rings. The van der Waals surface area contributed by atoms with Crippen molar-refractivity contribution in [3.8, 4) is 5.88 Å². The number of pyridine rings is 1. The number of amides is 1. The molecule has 0 saturated heterocycles. The van der Waals surface area contributed by atoms with Gasteiger partial charge in [0.2, 0.25) is 5.88 Å². The fourth-order valence-electron chi connectivity index (χ4n) is 6.02. The highest BCUT2D eigenvalue weighted by Gasteiger charge is 2.54. The standard InChI is InChI=1S/C20H27ClN2O2/c1-3-23(19(24)18-16(21)5-6-17(22-18)25-4-2)20-10-13-7-14(11-20)9-15(8-13)12-20/h5-6,13-15H,3-4,7-12H2,1-2H3. The van der Waals surface area contributed by atoms with E-state index in [4.69, 9.17) is 16.3 Å². The summed E-state index contributed by atoms with van der Waals surface area (Å²) >= 11 is 6.33. The highest BCUT2D eigenvalue weighted by molar-refractivity contribution is 6.33. The number of rotatable bonds is 5. The lowest BCUT2D eigenvalue weighted by Crippen LogP contribution is -2.61. The fraction of sp³-hybridized carbons (Fsp3) is 0.700. The molecule has 4 nitrogen and oxygen atoms in total. The normalized spacial score (nSPS) is 32.7. The van der Waals surface area contributed by atoms with Crippen molar-refractivity contribution in [3.63, 3.8) is 0 Å². The minimum Gasteiger partial charge on any atom is -0.478 e. The molecule has 0 spiro atoms. The average molecular weight is 363 g/mol. The molecule has 0 N–H and O–H groups in total. The predicted molar refractivity (Wildman–Crippen MR) is 98.0 cm³/mol. The maximum atomic E-state index is 13.4. The Labute approximate surface area is 154 Å². The molecule has 0 radical (unpaired) electrons. The van der Waals surface area contributed by atoms with Crippen LogP contribution in [0.1, 0.15) is 62.9 Å². The fourth-order valence-corrected chi connectivity index (χ4v) is 6.21. The first-order valence-corrected chi connectivity index (χ1v) is 10.0. The number of hydrogen-bond acceptors (Lipinski definition) is 3. The summed E-state index contributed by atoms with van der Waals surface area (Å²) in [5.74, 6) is 2.83. The SMILES string of the molecule is CCOc1ccc(Cl)c(C(=O)N(CC)C23CC4CC(CC(C4)C2)C3)n1. The van der Waals surface area contributed by atoms with Gasteiger partial charge >= 0.3 is 0 Å². The second kappa shape index (κ2) is 6.46. The number of halogens is 1. The Morgan fingerprint density at radius 3 is 2.32 bits per heavy atom. The Morgan fingerprint density at radius 1 is 1.20 bits per heavy atom. The number of nitrogens with zero attached hydrogens (tertiary/aromatic N) is 2. The van der Waals surface area contributed by atoms with Crippen LogP contribution in [0.2, 0.25) is 5.02 Å². The van der Waals surface area contributed by atoms with Gasteiger partial charge in [0, 0.05) is 18.2 Å². The van der Waals surface area contributed by atoms with E-state index in [1.54, 1.807) is 12.1 Å². The van der Waals surface area contributed by atoms with Crippen LogP contribution >= 0.6 is 11.6 Å². The van der Waals surface area contributed by atoms with Gasteiger partial charge in [-0.05, 0) is 76.2 Å². The molecule has 4 aliphatic carbocycles. The van der Waals surface area contributed by atoms with Gasteiger partial charge in [0.1, 0.15) is 0 Å². The third-order valence-electron chi connectivity index (χ3n) is 6.46. The Balaban J connectivity index is 1.65. The van der Waals surface area contributed by atoms with E-state index >= 15 is 0 Å². The maximum Gasteiger partial charge on any atom is 0.274 e. The van der Waals surface area contributed by atoms with E-state index in [0.29, 0.717) is 29.7 Å². The number of carbonyl (C=O) groups excluding carboxylic acids is 1. The third-order valence-corrected chi connectivity index (χ3v) is 6.76. The van der Waals surface area contributed by atoms with Crippen molar-refractivity contribution in [2.75, 3.05) is 13.2 Å². The zero-order chi connectivity index (χ0) is 17.6. The summed E-state index contributed by atoms with van der Waals surface area (Å²) in [5, 5.41) is 0.414. The molecule has 1 amide bonds. The molecular weight excluding hydrogens is 336 g/mol. The van der Waals surface area contributed by atoms with Crippen LogP contribution in [0.3, 0.4) is 0 Å². The number of ether oxygens (including phenoxy) is 1. The average Bonchev–Trinajstić information content (AvgIpc) is 2.56. The molecule has 0 atom stereocenters. The van der Waals surface area contributed by atoms with Gasteiger partial charge in [-0.1, -0.05) is 11.6 Å². The van der Waals surface area contributed by atoms with Crippen LogP contribution in [-0.2, 0) is 0 Å². The summed E-state index contributed by atoms with van der Waals surface area (Å²) in [6, 6.07) is 3.45. The van der Waals surface area contributed by atoms with E-state index in [9.17, 15) is 4.79 Å². The monoisotopic (exact) mass is 362 g/mol. The lowest BCUT2D eigenvalue weighted by molar-refractivity contribution is -0.0733. The topological polar surface area (TPSA) is 42.4 Å². The van der Waals surface area contributed by atoms with Gasteiger partial charge in [0.05, 0.1) is 11.6 Å². The second-order valence-corrected chi connectivity index (χ2v) is 8.51. The van der Waals surface area contributed by atoms with E-state index in [-0.39, 0.29) is 11.4 Å². The van der Waals surface area contributed by atoms with Gasteiger partial charge in [-0.15, -0.1) is 0 Å². The smallest absolute Gasteiger partial charge is 0.274 e. The molecule has 25 heavy (non-hydrogen) atoms. The van der Waals surface area contributed by atoms with Gasteiger partial charge in [-0.25, -0.2) is 4.98 Å². The van der Waals surface area contributed by atoms with Crippen molar-refractivity contribution < 1.29 is 9.53 Å². The van der Waals surface area contributed by atoms with Gasteiger partial charge < -0.3 is 9.64 Å². The Kier molecular flexibility index (Phi) is 4.43. The molecule has 4 aliphatic rings. The summed E-state index contributed by atoms with van der Waals surface area (Å²) in [6.07, 6.45) is 7.56.